The number of aromatic nitrogens is 2. The van der Waals surface area contributed by atoms with Gasteiger partial charge in [-0.3, -0.25) is 4.79 Å². The second-order valence-electron chi connectivity index (χ2n) is 6.60. The molecule has 3 rings (SSSR count). The molecule has 1 amide bonds. The Hall–Kier alpha value is -3.61. The number of amides is 1. The maximum atomic E-state index is 12.6. The van der Waals surface area contributed by atoms with Gasteiger partial charge in [0.1, 0.15) is 17.8 Å². The number of methoxy groups -OCH3 is 2. The predicted octanol–water partition coefficient (Wildman–Crippen LogP) is 3.98. The van der Waals surface area contributed by atoms with Gasteiger partial charge in [-0.1, -0.05) is 18.2 Å². The summed E-state index contributed by atoms with van der Waals surface area (Å²) in [5, 5.41) is 6.11. The SMILES string of the molecule is COc1ccc(CNc2cc(C(=O)Nc3cc(C)ccc3C)ncn2)cc1OC. The van der Waals surface area contributed by atoms with Crippen molar-refractivity contribution in [1.82, 2.24) is 9.97 Å². The summed E-state index contributed by atoms with van der Waals surface area (Å²) in [6.07, 6.45) is 1.37. The molecule has 0 unspecified atom stereocenters. The average Bonchev–Trinajstić information content (AvgIpc) is 2.74. The fourth-order valence-corrected chi connectivity index (χ4v) is 2.82. The third-order valence-corrected chi connectivity index (χ3v) is 4.46. The number of aryl methyl sites for hydroxylation is 2. The first kappa shape index (κ1) is 20.1. The molecule has 0 aliphatic heterocycles. The number of hydrogen-bond acceptors (Lipinski definition) is 6. The van der Waals surface area contributed by atoms with Crippen LogP contribution in [0.25, 0.3) is 0 Å². The van der Waals surface area contributed by atoms with Gasteiger partial charge in [0.05, 0.1) is 14.2 Å². The summed E-state index contributed by atoms with van der Waals surface area (Å²) in [5.41, 5.74) is 4.11. The Bertz CT molecular complexity index is 1020. The maximum Gasteiger partial charge on any atom is 0.274 e. The average molecular weight is 392 g/mol. The highest BCUT2D eigenvalue weighted by molar-refractivity contribution is 6.03. The van der Waals surface area contributed by atoms with Gasteiger partial charge in [-0.15, -0.1) is 0 Å². The van der Waals surface area contributed by atoms with Crippen LogP contribution in [0.15, 0.2) is 48.8 Å². The first-order valence-corrected chi connectivity index (χ1v) is 9.15. The van der Waals surface area contributed by atoms with Gasteiger partial charge in [0.25, 0.3) is 5.91 Å². The monoisotopic (exact) mass is 392 g/mol. The molecule has 2 aromatic carbocycles. The molecule has 0 aliphatic rings. The van der Waals surface area contributed by atoms with Crippen LogP contribution in [-0.2, 0) is 6.54 Å². The maximum absolute atomic E-state index is 12.6. The Labute approximate surface area is 170 Å². The molecule has 0 saturated carbocycles. The predicted molar refractivity (Wildman–Crippen MR) is 113 cm³/mol. The quantitative estimate of drug-likeness (QED) is 0.633. The minimum atomic E-state index is -0.282. The second-order valence-corrected chi connectivity index (χ2v) is 6.60. The number of hydrogen-bond donors (Lipinski definition) is 2. The standard InChI is InChI=1S/C22H24N4O3/c1-14-5-6-15(2)17(9-14)26-22(27)18-11-21(25-13-24-18)23-12-16-7-8-19(28-3)20(10-16)29-4/h5-11,13H,12H2,1-4H3,(H,26,27)(H,23,24,25). The largest absolute Gasteiger partial charge is 0.493 e. The van der Waals surface area contributed by atoms with Crippen molar-refractivity contribution in [2.75, 3.05) is 24.9 Å². The molecule has 0 saturated heterocycles. The van der Waals surface area contributed by atoms with E-state index in [0.717, 1.165) is 22.4 Å². The molecule has 1 heterocycles. The van der Waals surface area contributed by atoms with Crippen molar-refractivity contribution in [1.29, 1.82) is 0 Å². The van der Waals surface area contributed by atoms with Crippen LogP contribution in [0.1, 0.15) is 27.2 Å². The summed E-state index contributed by atoms with van der Waals surface area (Å²) in [6.45, 7) is 4.44. The zero-order valence-corrected chi connectivity index (χ0v) is 16.9. The van der Waals surface area contributed by atoms with E-state index in [1.165, 1.54) is 6.33 Å². The molecule has 1 aromatic heterocycles. The highest BCUT2D eigenvalue weighted by Crippen LogP contribution is 2.27. The van der Waals surface area contributed by atoms with Crippen molar-refractivity contribution >= 4 is 17.4 Å². The lowest BCUT2D eigenvalue weighted by atomic mass is 10.1. The normalized spacial score (nSPS) is 10.3. The smallest absolute Gasteiger partial charge is 0.274 e. The lowest BCUT2D eigenvalue weighted by molar-refractivity contribution is 0.102. The molecule has 0 bridgehead atoms. The van der Waals surface area contributed by atoms with Crippen LogP contribution in [0.5, 0.6) is 11.5 Å². The Kier molecular flexibility index (Phi) is 6.29. The summed E-state index contributed by atoms with van der Waals surface area (Å²) < 4.78 is 10.6. The van der Waals surface area contributed by atoms with Crippen molar-refractivity contribution < 1.29 is 14.3 Å². The molecule has 150 valence electrons. The van der Waals surface area contributed by atoms with E-state index < -0.39 is 0 Å². The Morgan fingerprint density at radius 2 is 1.76 bits per heavy atom. The van der Waals surface area contributed by atoms with E-state index in [1.807, 2.05) is 50.2 Å². The molecule has 7 nitrogen and oxygen atoms in total. The van der Waals surface area contributed by atoms with Gasteiger partial charge in [0, 0.05) is 18.3 Å². The fourth-order valence-electron chi connectivity index (χ4n) is 2.82. The Morgan fingerprint density at radius 1 is 0.966 bits per heavy atom. The molecule has 0 fully saturated rings. The van der Waals surface area contributed by atoms with Crippen molar-refractivity contribution in [3.8, 4) is 11.5 Å². The highest BCUT2D eigenvalue weighted by atomic mass is 16.5. The number of anilines is 2. The number of carbonyl (C=O) groups excluding carboxylic acids is 1. The van der Waals surface area contributed by atoms with Crippen LogP contribution in [0.2, 0.25) is 0 Å². The van der Waals surface area contributed by atoms with E-state index in [-0.39, 0.29) is 11.6 Å². The summed E-state index contributed by atoms with van der Waals surface area (Å²) in [4.78, 5) is 20.9. The van der Waals surface area contributed by atoms with Gasteiger partial charge in [0.15, 0.2) is 11.5 Å². The van der Waals surface area contributed by atoms with Crippen LogP contribution in [0.3, 0.4) is 0 Å². The van der Waals surface area contributed by atoms with E-state index in [0.29, 0.717) is 23.9 Å². The van der Waals surface area contributed by atoms with Gasteiger partial charge in [-0.05, 0) is 48.7 Å². The number of rotatable bonds is 7. The van der Waals surface area contributed by atoms with Crippen LogP contribution in [0, 0.1) is 13.8 Å². The number of carbonyl (C=O) groups is 1. The fraction of sp³-hybridized carbons (Fsp3) is 0.227. The summed E-state index contributed by atoms with van der Waals surface area (Å²) in [6, 6.07) is 13.2. The van der Waals surface area contributed by atoms with E-state index in [9.17, 15) is 4.79 Å². The highest BCUT2D eigenvalue weighted by Gasteiger charge is 2.11. The summed E-state index contributed by atoms with van der Waals surface area (Å²) in [7, 11) is 3.20. The van der Waals surface area contributed by atoms with Crippen LogP contribution >= 0.6 is 0 Å². The lowest BCUT2D eigenvalue weighted by Gasteiger charge is -2.11. The third kappa shape index (κ3) is 5.01. The molecule has 0 atom stereocenters. The Balaban J connectivity index is 1.69. The van der Waals surface area contributed by atoms with Gasteiger partial charge in [0.2, 0.25) is 0 Å². The summed E-state index contributed by atoms with van der Waals surface area (Å²) >= 11 is 0. The number of ether oxygens (including phenoxy) is 2. The second kappa shape index (κ2) is 9.05. The molecule has 0 spiro atoms. The van der Waals surface area contributed by atoms with E-state index >= 15 is 0 Å². The lowest BCUT2D eigenvalue weighted by Crippen LogP contribution is -2.15. The molecule has 0 radical (unpaired) electrons. The van der Waals surface area contributed by atoms with E-state index in [1.54, 1.807) is 20.3 Å². The minimum absolute atomic E-state index is 0.282. The van der Waals surface area contributed by atoms with Gasteiger partial charge < -0.3 is 20.1 Å². The van der Waals surface area contributed by atoms with E-state index in [2.05, 4.69) is 20.6 Å². The molecule has 7 heteroatoms. The van der Waals surface area contributed by atoms with Gasteiger partial charge >= 0.3 is 0 Å². The molecule has 29 heavy (non-hydrogen) atoms. The molecular weight excluding hydrogens is 368 g/mol. The molecular formula is C22H24N4O3. The Morgan fingerprint density at radius 3 is 2.52 bits per heavy atom. The molecule has 2 N–H and O–H groups in total. The number of benzene rings is 2. The first-order valence-electron chi connectivity index (χ1n) is 9.15. The van der Waals surface area contributed by atoms with E-state index in [4.69, 9.17) is 9.47 Å². The van der Waals surface area contributed by atoms with Crippen LogP contribution in [0.4, 0.5) is 11.5 Å². The van der Waals surface area contributed by atoms with Crippen molar-refractivity contribution in [3.05, 3.63) is 71.2 Å². The van der Waals surface area contributed by atoms with Crippen LogP contribution in [-0.4, -0.2) is 30.1 Å². The zero-order chi connectivity index (χ0) is 20.8. The van der Waals surface area contributed by atoms with Crippen molar-refractivity contribution in [3.63, 3.8) is 0 Å². The van der Waals surface area contributed by atoms with Crippen molar-refractivity contribution in [2.45, 2.75) is 20.4 Å². The first-order chi connectivity index (χ1) is 14.0. The zero-order valence-electron chi connectivity index (χ0n) is 16.9. The summed E-state index contributed by atoms with van der Waals surface area (Å²) in [5.74, 6) is 1.60. The number of nitrogens with zero attached hydrogens (tertiary/aromatic N) is 2. The van der Waals surface area contributed by atoms with Crippen LogP contribution < -0.4 is 20.1 Å². The van der Waals surface area contributed by atoms with Crippen molar-refractivity contribution in [2.24, 2.45) is 0 Å². The minimum Gasteiger partial charge on any atom is -0.493 e. The number of nitrogens with one attached hydrogen (secondary N) is 2. The molecule has 0 aliphatic carbocycles. The topological polar surface area (TPSA) is 85.4 Å². The van der Waals surface area contributed by atoms with Gasteiger partial charge in [-0.25, -0.2) is 9.97 Å². The third-order valence-electron chi connectivity index (χ3n) is 4.46. The molecule has 3 aromatic rings. The van der Waals surface area contributed by atoms with Gasteiger partial charge in [-0.2, -0.15) is 0 Å².